The van der Waals surface area contributed by atoms with Gasteiger partial charge in [-0.2, -0.15) is 5.26 Å². The van der Waals surface area contributed by atoms with E-state index >= 15 is 0 Å². The molecule has 2 aromatic rings. The van der Waals surface area contributed by atoms with Crippen LogP contribution in [0.25, 0.3) is 0 Å². The van der Waals surface area contributed by atoms with Crippen molar-refractivity contribution in [3.63, 3.8) is 0 Å². The van der Waals surface area contributed by atoms with Gasteiger partial charge in [-0.1, -0.05) is 43.1 Å². The third-order valence-corrected chi connectivity index (χ3v) is 7.12. The second-order valence-electron chi connectivity index (χ2n) is 9.53. The first kappa shape index (κ1) is 25.7. The van der Waals surface area contributed by atoms with Crippen LogP contribution < -0.4 is 24.8 Å². The fraction of sp³-hybridized carbons (Fsp3) is 0.333. The number of rotatable bonds is 5. The number of ether oxygens (including phenoxy) is 3. The van der Waals surface area contributed by atoms with Crippen LogP contribution >= 0.6 is 23.2 Å². The Morgan fingerprint density at radius 3 is 2.22 bits per heavy atom. The summed E-state index contributed by atoms with van der Waals surface area (Å²) in [5.74, 6) is 0.691. The van der Waals surface area contributed by atoms with E-state index in [2.05, 4.69) is 6.07 Å². The Hall–Kier alpha value is -3.34. The molecule has 0 radical (unpaired) electrons. The lowest BCUT2D eigenvalue weighted by Crippen LogP contribution is -2.42. The summed E-state index contributed by atoms with van der Waals surface area (Å²) in [5.41, 5.74) is 9.00. The maximum Gasteiger partial charge on any atom is 0.203 e. The van der Waals surface area contributed by atoms with E-state index < -0.39 is 5.92 Å². The first-order valence-corrected chi connectivity index (χ1v) is 12.0. The molecule has 2 aliphatic rings. The van der Waals surface area contributed by atoms with Crippen molar-refractivity contribution in [1.29, 1.82) is 5.26 Å². The lowest BCUT2D eigenvalue weighted by atomic mass is 9.68. The Labute approximate surface area is 220 Å². The van der Waals surface area contributed by atoms with Crippen molar-refractivity contribution in [3.8, 4) is 23.3 Å². The van der Waals surface area contributed by atoms with Gasteiger partial charge in [0.2, 0.25) is 5.75 Å². The summed E-state index contributed by atoms with van der Waals surface area (Å²) in [6.45, 7) is 4.07. The molecule has 0 saturated carbocycles. The Bertz CT molecular complexity index is 1330. The monoisotopic (exact) mass is 527 g/mol. The Morgan fingerprint density at radius 1 is 1.06 bits per heavy atom. The van der Waals surface area contributed by atoms with Gasteiger partial charge in [-0.3, -0.25) is 9.69 Å². The normalized spacial score (nSPS) is 19.1. The number of methoxy groups -OCH3 is 3. The van der Waals surface area contributed by atoms with Crippen molar-refractivity contribution in [3.05, 3.63) is 68.6 Å². The molecular weight excluding hydrogens is 501 g/mol. The molecule has 7 nitrogen and oxygen atoms in total. The van der Waals surface area contributed by atoms with Gasteiger partial charge in [0.15, 0.2) is 17.3 Å². The van der Waals surface area contributed by atoms with Crippen molar-refractivity contribution in [2.45, 2.75) is 32.6 Å². The molecule has 0 saturated heterocycles. The molecule has 9 heteroatoms. The molecular formula is C27H27Cl2N3O4. The number of carbonyl (C=O) groups excluding carboxylic acids is 1. The zero-order valence-corrected chi connectivity index (χ0v) is 22.3. The predicted molar refractivity (Wildman–Crippen MR) is 140 cm³/mol. The molecule has 1 aliphatic carbocycles. The second-order valence-corrected chi connectivity index (χ2v) is 10.4. The van der Waals surface area contributed by atoms with E-state index in [9.17, 15) is 10.1 Å². The van der Waals surface area contributed by atoms with Gasteiger partial charge in [-0.15, -0.1) is 0 Å². The summed E-state index contributed by atoms with van der Waals surface area (Å²) in [6, 6.07) is 10.8. The topological polar surface area (TPSA) is 97.8 Å². The molecule has 0 fully saturated rings. The van der Waals surface area contributed by atoms with E-state index in [0.717, 1.165) is 0 Å². The summed E-state index contributed by atoms with van der Waals surface area (Å²) in [5, 5.41) is 11.1. The van der Waals surface area contributed by atoms with Crippen molar-refractivity contribution in [1.82, 2.24) is 0 Å². The zero-order chi connectivity index (χ0) is 26.4. The number of carbonyl (C=O) groups is 1. The number of nitrogens with two attached hydrogens (primary N) is 1. The molecule has 0 bridgehead atoms. The summed E-state index contributed by atoms with van der Waals surface area (Å²) in [6.07, 6.45) is 0.876. The Morgan fingerprint density at radius 2 is 1.69 bits per heavy atom. The Kier molecular flexibility index (Phi) is 6.87. The molecule has 2 N–H and O–H groups in total. The van der Waals surface area contributed by atoms with Gasteiger partial charge in [0.05, 0.1) is 44.6 Å². The average Bonchev–Trinajstić information content (AvgIpc) is 2.81. The largest absolute Gasteiger partial charge is 0.493 e. The highest BCUT2D eigenvalue weighted by atomic mass is 35.5. The summed E-state index contributed by atoms with van der Waals surface area (Å²) < 4.78 is 16.6. The Balaban J connectivity index is 2.04. The number of halogens is 2. The quantitative estimate of drug-likeness (QED) is 0.511. The van der Waals surface area contributed by atoms with Crippen LogP contribution in [0, 0.1) is 16.7 Å². The van der Waals surface area contributed by atoms with Crippen molar-refractivity contribution < 1.29 is 19.0 Å². The number of hydrogen-bond donors (Lipinski definition) is 1. The van der Waals surface area contributed by atoms with E-state index in [-0.39, 0.29) is 22.6 Å². The number of hydrogen-bond acceptors (Lipinski definition) is 7. The van der Waals surface area contributed by atoms with Crippen LogP contribution in [0.5, 0.6) is 17.2 Å². The lowest BCUT2D eigenvalue weighted by molar-refractivity contribution is -0.118. The molecule has 188 valence electrons. The van der Waals surface area contributed by atoms with Crippen molar-refractivity contribution in [2.24, 2.45) is 11.1 Å². The minimum absolute atomic E-state index is 0.0602. The maximum absolute atomic E-state index is 13.7. The van der Waals surface area contributed by atoms with Gasteiger partial charge in [0.1, 0.15) is 5.82 Å². The number of ketones is 1. The SMILES string of the molecule is COc1cc(N2C(N)=C(C#N)C(c3ccc(Cl)cc3Cl)C3=C2CC(C)(C)CC3=O)cc(OC)c1OC. The summed E-state index contributed by atoms with van der Waals surface area (Å²) in [4.78, 5) is 15.4. The standard InChI is InChI=1S/C27H27Cl2N3O4/c1-27(2)11-19-24(20(33)12-27)23(16-7-6-14(28)8-18(16)29)17(13-30)26(31)32(19)15-9-21(34-3)25(36-5)22(10-15)35-4/h6-10,23H,11-12,31H2,1-5H3. The number of Topliss-reactive ketones (excluding diaryl/α,β-unsaturated/α-hetero) is 1. The molecule has 1 aliphatic heterocycles. The van der Waals surface area contributed by atoms with Gasteiger partial charge >= 0.3 is 0 Å². The third-order valence-electron chi connectivity index (χ3n) is 6.56. The number of nitrogens with zero attached hydrogens (tertiary/aromatic N) is 2. The molecule has 36 heavy (non-hydrogen) atoms. The lowest BCUT2D eigenvalue weighted by Gasteiger charge is -2.44. The second kappa shape index (κ2) is 9.61. The molecule has 4 rings (SSSR count). The van der Waals surface area contributed by atoms with E-state index in [1.165, 1.54) is 21.3 Å². The van der Waals surface area contributed by atoms with Gasteiger partial charge in [0, 0.05) is 39.9 Å². The summed E-state index contributed by atoms with van der Waals surface area (Å²) >= 11 is 12.7. The van der Waals surface area contributed by atoms with Crippen LogP contribution in [-0.4, -0.2) is 27.1 Å². The van der Waals surface area contributed by atoms with Crippen LogP contribution in [0.3, 0.4) is 0 Å². The van der Waals surface area contributed by atoms with E-state index in [1.807, 2.05) is 13.8 Å². The zero-order valence-electron chi connectivity index (χ0n) is 20.7. The van der Waals surface area contributed by atoms with Crippen LogP contribution in [0.4, 0.5) is 5.69 Å². The molecule has 0 amide bonds. The third kappa shape index (κ3) is 4.25. The molecule has 0 aromatic heterocycles. The van der Waals surface area contributed by atoms with Gasteiger partial charge in [-0.25, -0.2) is 0 Å². The van der Waals surface area contributed by atoms with Crippen LogP contribution in [0.1, 0.15) is 38.2 Å². The van der Waals surface area contributed by atoms with Gasteiger partial charge in [0.25, 0.3) is 0 Å². The minimum Gasteiger partial charge on any atom is -0.493 e. The number of allylic oxidation sites excluding steroid dienone is 3. The summed E-state index contributed by atoms with van der Waals surface area (Å²) in [7, 11) is 4.56. The number of benzene rings is 2. The van der Waals surface area contributed by atoms with E-state index in [0.29, 0.717) is 62.7 Å². The molecule has 1 atom stereocenters. The average molecular weight is 528 g/mol. The first-order valence-electron chi connectivity index (χ1n) is 11.3. The first-order chi connectivity index (χ1) is 17.1. The van der Waals surface area contributed by atoms with Crippen molar-refractivity contribution in [2.75, 3.05) is 26.2 Å². The number of anilines is 1. The highest BCUT2D eigenvalue weighted by Gasteiger charge is 2.45. The van der Waals surface area contributed by atoms with Crippen LogP contribution in [0.2, 0.25) is 10.0 Å². The van der Waals surface area contributed by atoms with E-state index in [4.69, 9.17) is 43.1 Å². The highest BCUT2D eigenvalue weighted by molar-refractivity contribution is 6.35. The van der Waals surface area contributed by atoms with Crippen LogP contribution in [-0.2, 0) is 4.79 Å². The van der Waals surface area contributed by atoms with Gasteiger partial charge in [-0.05, 0) is 29.5 Å². The molecule has 1 heterocycles. The molecule has 0 spiro atoms. The van der Waals surface area contributed by atoms with Crippen LogP contribution in [0.15, 0.2) is 53.0 Å². The maximum atomic E-state index is 13.7. The van der Waals surface area contributed by atoms with Crippen molar-refractivity contribution >= 4 is 34.7 Å². The number of nitriles is 1. The fourth-order valence-electron chi connectivity index (χ4n) is 5.05. The smallest absolute Gasteiger partial charge is 0.203 e. The van der Waals surface area contributed by atoms with E-state index in [1.54, 1.807) is 35.2 Å². The predicted octanol–water partition coefficient (Wildman–Crippen LogP) is 5.96. The molecule has 1 unspecified atom stereocenters. The fourth-order valence-corrected chi connectivity index (χ4v) is 5.56. The minimum atomic E-state index is -0.711. The highest BCUT2D eigenvalue weighted by Crippen LogP contribution is 2.52. The molecule has 2 aromatic carbocycles. The van der Waals surface area contributed by atoms with Gasteiger partial charge < -0.3 is 19.9 Å².